The molecule has 2 rings (SSSR count). The van der Waals surface area contributed by atoms with Crippen molar-refractivity contribution in [1.82, 2.24) is 5.32 Å². The first-order valence-electron chi connectivity index (χ1n) is 6.31. The van der Waals surface area contributed by atoms with Crippen molar-refractivity contribution in [3.05, 3.63) is 29.8 Å². The summed E-state index contributed by atoms with van der Waals surface area (Å²) in [7, 11) is 0. The molecule has 0 aliphatic carbocycles. The number of carbonyl (C=O) groups is 1. The van der Waals surface area contributed by atoms with Crippen LogP contribution in [0.5, 0.6) is 0 Å². The van der Waals surface area contributed by atoms with Gasteiger partial charge in [-0.15, -0.1) is 0 Å². The summed E-state index contributed by atoms with van der Waals surface area (Å²) in [5.74, 6) is 1.42. The van der Waals surface area contributed by atoms with Crippen molar-refractivity contribution in [2.45, 2.75) is 25.3 Å². The second-order valence-corrected chi connectivity index (χ2v) is 5.70. The van der Waals surface area contributed by atoms with Crippen LogP contribution in [0.15, 0.2) is 24.3 Å². The van der Waals surface area contributed by atoms with Crippen LogP contribution in [0.4, 0.5) is 5.69 Å². The molecule has 3 nitrogen and oxygen atoms in total. The molecule has 98 valence electrons. The predicted molar refractivity (Wildman–Crippen MR) is 78.3 cm³/mol. The van der Waals surface area contributed by atoms with Crippen LogP contribution < -0.4 is 10.6 Å². The van der Waals surface area contributed by atoms with Gasteiger partial charge in [-0.3, -0.25) is 4.79 Å². The lowest BCUT2D eigenvalue weighted by Gasteiger charge is -2.15. The number of anilines is 1. The minimum absolute atomic E-state index is 0.153. The fourth-order valence-electron chi connectivity index (χ4n) is 2.39. The molecule has 1 aliphatic heterocycles. The molecule has 0 saturated heterocycles. The van der Waals surface area contributed by atoms with Gasteiger partial charge in [0.2, 0.25) is 5.91 Å². The standard InChI is InChI=1S/C14H20N2OS/c1-10(9-18-2)16-14(17)7-11-8-15-13-6-4-3-5-12(11)13/h3-6,10-11,15H,7-9H2,1-2H3,(H,16,17). The van der Waals surface area contributed by atoms with Crippen LogP contribution in [-0.4, -0.2) is 30.5 Å². The van der Waals surface area contributed by atoms with E-state index in [2.05, 4.69) is 35.9 Å². The van der Waals surface area contributed by atoms with Crippen molar-refractivity contribution in [3.63, 3.8) is 0 Å². The molecule has 0 fully saturated rings. The highest BCUT2D eigenvalue weighted by atomic mass is 32.2. The summed E-state index contributed by atoms with van der Waals surface area (Å²) in [5.41, 5.74) is 2.44. The molecule has 0 bridgehead atoms. The van der Waals surface area contributed by atoms with Gasteiger partial charge in [-0.2, -0.15) is 11.8 Å². The minimum atomic E-state index is 0.153. The number of hydrogen-bond donors (Lipinski definition) is 2. The Balaban J connectivity index is 1.89. The van der Waals surface area contributed by atoms with E-state index in [1.165, 1.54) is 11.3 Å². The second-order valence-electron chi connectivity index (χ2n) is 4.79. The van der Waals surface area contributed by atoms with E-state index in [1.54, 1.807) is 11.8 Å². The normalized spacial score (nSPS) is 18.9. The Labute approximate surface area is 113 Å². The number of fused-ring (bicyclic) bond motifs is 1. The zero-order chi connectivity index (χ0) is 13.0. The van der Waals surface area contributed by atoms with Crippen molar-refractivity contribution in [2.75, 3.05) is 23.9 Å². The maximum absolute atomic E-state index is 11.9. The van der Waals surface area contributed by atoms with Gasteiger partial charge in [-0.25, -0.2) is 0 Å². The number of carbonyl (C=O) groups excluding carboxylic acids is 1. The van der Waals surface area contributed by atoms with Crippen LogP contribution in [0.2, 0.25) is 0 Å². The molecule has 1 aliphatic rings. The fraction of sp³-hybridized carbons (Fsp3) is 0.500. The Bertz CT molecular complexity index is 422. The highest BCUT2D eigenvalue weighted by molar-refractivity contribution is 7.98. The summed E-state index contributed by atoms with van der Waals surface area (Å²) in [5, 5.41) is 6.40. The van der Waals surface area contributed by atoms with Gasteiger partial charge in [0.25, 0.3) is 0 Å². The molecular weight excluding hydrogens is 244 g/mol. The monoisotopic (exact) mass is 264 g/mol. The van der Waals surface area contributed by atoms with Crippen molar-refractivity contribution in [3.8, 4) is 0 Å². The molecule has 1 aromatic carbocycles. The quantitative estimate of drug-likeness (QED) is 0.858. The van der Waals surface area contributed by atoms with Crippen LogP contribution in [0.25, 0.3) is 0 Å². The van der Waals surface area contributed by atoms with Gasteiger partial charge in [-0.05, 0) is 24.8 Å². The number of para-hydroxylation sites is 1. The largest absolute Gasteiger partial charge is 0.384 e. The summed E-state index contributed by atoms with van der Waals surface area (Å²) in [6.07, 6.45) is 2.63. The molecule has 0 saturated carbocycles. The number of benzene rings is 1. The molecule has 1 heterocycles. The molecule has 1 aromatic rings. The zero-order valence-electron chi connectivity index (χ0n) is 10.9. The number of nitrogens with one attached hydrogen (secondary N) is 2. The minimum Gasteiger partial charge on any atom is -0.384 e. The molecule has 2 N–H and O–H groups in total. The molecule has 4 heteroatoms. The Morgan fingerprint density at radius 3 is 3.11 bits per heavy atom. The van der Waals surface area contributed by atoms with Gasteiger partial charge in [0.1, 0.15) is 0 Å². The maximum Gasteiger partial charge on any atom is 0.220 e. The lowest BCUT2D eigenvalue weighted by atomic mass is 9.97. The first-order chi connectivity index (χ1) is 8.70. The first kappa shape index (κ1) is 13.3. The third kappa shape index (κ3) is 3.19. The summed E-state index contributed by atoms with van der Waals surface area (Å²) in [6.45, 7) is 2.92. The molecule has 18 heavy (non-hydrogen) atoms. The molecule has 0 spiro atoms. The molecular formula is C14H20N2OS. The van der Waals surface area contributed by atoms with Crippen molar-refractivity contribution >= 4 is 23.4 Å². The third-order valence-corrected chi connectivity index (χ3v) is 4.03. The highest BCUT2D eigenvalue weighted by Crippen LogP contribution is 2.32. The Hall–Kier alpha value is -1.16. The van der Waals surface area contributed by atoms with Crippen LogP contribution in [0.1, 0.15) is 24.8 Å². The van der Waals surface area contributed by atoms with E-state index in [0.717, 1.165) is 12.3 Å². The molecule has 2 unspecified atom stereocenters. The van der Waals surface area contributed by atoms with Crippen LogP contribution >= 0.6 is 11.8 Å². The smallest absolute Gasteiger partial charge is 0.220 e. The van der Waals surface area contributed by atoms with E-state index in [4.69, 9.17) is 0 Å². The zero-order valence-corrected chi connectivity index (χ0v) is 11.7. The predicted octanol–water partition coefficient (Wildman–Crippen LogP) is 2.45. The topological polar surface area (TPSA) is 41.1 Å². The summed E-state index contributed by atoms with van der Waals surface area (Å²) in [6, 6.07) is 8.49. The number of rotatable bonds is 5. The SMILES string of the molecule is CSCC(C)NC(=O)CC1CNc2ccccc21. The molecule has 1 amide bonds. The van der Waals surface area contributed by atoms with Gasteiger partial charge in [0, 0.05) is 36.4 Å². The Kier molecular flexibility index (Phi) is 4.53. The van der Waals surface area contributed by atoms with Crippen molar-refractivity contribution in [2.24, 2.45) is 0 Å². The highest BCUT2D eigenvalue weighted by Gasteiger charge is 2.24. The summed E-state index contributed by atoms with van der Waals surface area (Å²) in [4.78, 5) is 11.9. The number of hydrogen-bond acceptors (Lipinski definition) is 3. The Morgan fingerprint density at radius 2 is 2.33 bits per heavy atom. The fourth-order valence-corrected chi connectivity index (χ4v) is 2.97. The van der Waals surface area contributed by atoms with E-state index in [9.17, 15) is 4.79 Å². The van der Waals surface area contributed by atoms with E-state index in [-0.39, 0.29) is 11.9 Å². The lowest BCUT2D eigenvalue weighted by Crippen LogP contribution is -2.35. The van der Waals surface area contributed by atoms with Crippen LogP contribution in [0.3, 0.4) is 0 Å². The van der Waals surface area contributed by atoms with Gasteiger partial charge in [0.15, 0.2) is 0 Å². The molecule has 2 atom stereocenters. The maximum atomic E-state index is 11.9. The van der Waals surface area contributed by atoms with E-state index < -0.39 is 0 Å². The summed E-state index contributed by atoms with van der Waals surface area (Å²) < 4.78 is 0. The van der Waals surface area contributed by atoms with Crippen molar-refractivity contribution < 1.29 is 4.79 Å². The third-order valence-electron chi connectivity index (χ3n) is 3.20. The van der Waals surface area contributed by atoms with Gasteiger partial charge < -0.3 is 10.6 Å². The average molecular weight is 264 g/mol. The van der Waals surface area contributed by atoms with E-state index >= 15 is 0 Å². The molecule has 0 aromatic heterocycles. The van der Waals surface area contributed by atoms with Crippen molar-refractivity contribution in [1.29, 1.82) is 0 Å². The lowest BCUT2D eigenvalue weighted by molar-refractivity contribution is -0.121. The average Bonchev–Trinajstić information content (AvgIpc) is 2.73. The first-order valence-corrected chi connectivity index (χ1v) is 7.71. The number of amides is 1. The summed E-state index contributed by atoms with van der Waals surface area (Å²) >= 11 is 1.76. The Morgan fingerprint density at radius 1 is 1.56 bits per heavy atom. The van der Waals surface area contributed by atoms with Gasteiger partial charge >= 0.3 is 0 Å². The van der Waals surface area contributed by atoms with Crippen LogP contribution in [-0.2, 0) is 4.79 Å². The van der Waals surface area contributed by atoms with Gasteiger partial charge in [0.05, 0.1) is 0 Å². The second kappa shape index (κ2) is 6.14. The van der Waals surface area contributed by atoms with E-state index in [1.807, 2.05) is 12.1 Å². The van der Waals surface area contributed by atoms with E-state index in [0.29, 0.717) is 12.3 Å². The van der Waals surface area contributed by atoms with Gasteiger partial charge in [-0.1, -0.05) is 18.2 Å². The number of thioether (sulfide) groups is 1. The van der Waals surface area contributed by atoms with Crippen LogP contribution in [0, 0.1) is 0 Å². The molecule has 0 radical (unpaired) electrons.